The number of halogens is 1. The zero-order chi connectivity index (χ0) is 15.5. The molecule has 1 amide bonds. The van der Waals surface area contributed by atoms with Gasteiger partial charge in [-0.15, -0.1) is 11.3 Å². The highest BCUT2D eigenvalue weighted by Crippen LogP contribution is 2.18. The molecule has 0 bridgehead atoms. The summed E-state index contributed by atoms with van der Waals surface area (Å²) >= 11 is 7.74. The van der Waals surface area contributed by atoms with Crippen LogP contribution in [-0.2, 0) is 17.8 Å². The molecule has 0 N–H and O–H groups in total. The van der Waals surface area contributed by atoms with Crippen LogP contribution in [-0.4, -0.2) is 26.7 Å². The van der Waals surface area contributed by atoms with Crippen molar-refractivity contribution in [1.29, 1.82) is 0 Å². The molecule has 0 fully saturated rings. The molecule has 3 aromatic rings. The van der Waals surface area contributed by atoms with Gasteiger partial charge in [0.05, 0.1) is 12.1 Å². The van der Waals surface area contributed by atoms with E-state index in [-0.39, 0.29) is 5.91 Å². The number of carbonyl (C=O) groups is 1. The van der Waals surface area contributed by atoms with Crippen LogP contribution in [0.1, 0.15) is 18.2 Å². The van der Waals surface area contributed by atoms with Gasteiger partial charge in [0.2, 0.25) is 5.91 Å². The third kappa shape index (κ3) is 3.15. The molecule has 114 valence electrons. The standard InChI is InChI=1S/C16H16ClN3OS/c1-2-19(10-12-5-3-4-6-14(12)17)15(21)9-13-11-20-7-8-22-16(20)18-13/h3-8,11H,2,9-10H2,1H3. The van der Waals surface area contributed by atoms with Crippen molar-refractivity contribution in [1.82, 2.24) is 14.3 Å². The Morgan fingerprint density at radius 1 is 1.41 bits per heavy atom. The highest BCUT2D eigenvalue weighted by molar-refractivity contribution is 7.15. The van der Waals surface area contributed by atoms with E-state index in [2.05, 4.69) is 4.98 Å². The van der Waals surface area contributed by atoms with Gasteiger partial charge < -0.3 is 4.90 Å². The Labute approximate surface area is 138 Å². The molecule has 0 saturated heterocycles. The average molecular weight is 334 g/mol. The maximum atomic E-state index is 12.5. The summed E-state index contributed by atoms with van der Waals surface area (Å²) < 4.78 is 1.94. The third-order valence-corrected chi connectivity index (χ3v) is 4.67. The van der Waals surface area contributed by atoms with Crippen molar-refractivity contribution in [3.05, 3.63) is 58.3 Å². The van der Waals surface area contributed by atoms with Gasteiger partial charge >= 0.3 is 0 Å². The van der Waals surface area contributed by atoms with Crippen LogP contribution >= 0.6 is 22.9 Å². The van der Waals surface area contributed by atoms with E-state index >= 15 is 0 Å². The number of aromatic nitrogens is 2. The van der Waals surface area contributed by atoms with Gasteiger partial charge in [0.25, 0.3) is 0 Å². The molecule has 4 nitrogen and oxygen atoms in total. The fraction of sp³-hybridized carbons (Fsp3) is 0.250. The number of likely N-dealkylation sites (N-methyl/N-ethyl adjacent to an activating group) is 1. The summed E-state index contributed by atoms with van der Waals surface area (Å²) in [7, 11) is 0. The molecule has 0 spiro atoms. The number of rotatable bonds is 5. The van der Waals surface area contributed by atoms with Crippen molar-refractivity contribution < 1.29 is 4.79 Å². The predicted octanol–water partition coefficient (Wildman–Crippen LogP) is 3.64. The zero-order valence-electron chi connectivity index (χ0n) is 12.2. The summed E-state index contributed by atoms with van der Waals surface area (Å²) in [4.78, 5) is 19.7. The van der Waals surface area contributed by atoms with Gasteiger partial charge in [-0.2, -0.15) is 0 Å². The summed E-state index contributed by atoms with van der Waals surface area (Å²) in [5, 5.41) is 2.67. The lowest BCUT2D eigenvalue weighted by Crippen LogP contribution is -2.31. The number of thiazole rings is 1. The quantitative estimate of drug-likeness (QED) is 0.715. The van der Waals surface area contributed by atoms with Gasteiger partial charge in [-0.1, -0.05) is 29.8 Å². The van der Waals surface area contributed by atoms with Crippen molar-refractivity contribution in [3.8, 4) is 0 Å². The Bertz CT molecular complexity index is 767. The highest BCUT2D eigenvalue weighted by atomic mass is 35.5. The summed E-state index contributed by atoms with van der Waals surface area (Å²) in [5.41, 5.74) is 1.76. The first kappa shape index (κ1) is 15.1. The lowest BCUT2D eigenvalue weighted by molar-refractivity contribution is -0.130. The van der Waals surface area contributed by atoms with Crippen LogP contribution < -0.4 is 0 Å². The number of nitrogens with zero attached hydrogens (tertiary/aromatic N) is 3. The smallest absolute Gasteiger partial charge is 0.228 e. The first-order valence-corrected chi connectivity index (χ1v) is 8.35. The number of imidazole rings is 1. The SMILES string of the molecule is CCN(Cc1ccccc1Cl)C(=O)Cc1cn2ccsc2n1. The second kappa shape index (κ2) is 6.50. The number of hydrogen-bond donors (Lipinski definition) is 0. The third-order valence-electron chi connectivity index (χ3n) is 3.53. The summed E-state index contributed by atoms with van der Waals surface area (Å²) in [6, 6.07) is 7.62. The number of carbonyl (C=O) groups excluding carboxylic acids is 1. The van der Waals surface area contributed by atoms with E-state index in [4.69, 9.17) is 11.6 Å². The summed E-state index contributed by atoms with van der Waals surface area (Å²) in [6.07, 6.45) is 4.17. The molecule has 6 heteroatoms. The van der Waals surface area contributed by atoms with Gasteiger partial charge in [-0.3, -0.25) is 9.20 Å². The number of amides is 1. The highest BCUT2D eigenvalue weighted by Gasteiger charge is 2.16. The minimum Gasteiger partial charge on any atom is -0.338 e. The largest absolute Gasteiger partial charge is 0.338 e. The normalized spacial score (nSPS) is 11.0. The molecule has 1 aromatic carbocycles. The molecule has 0 radical (unpaired) electrons. The molecule has 22 heavy (non-hydrogen) atoms. The molecule has 0 saturated carbocycles. The molecule has 2 heterocycles. The van der Waals surface area contributed by atoms with Crippen molar-refractivity contribution >= 4 is 33.8 Å². The van der Waals surface area contributed by atoms with E-state index < -0.39 is 0 Å². The summed E-state index contributed by atoms with van der Waals surface area (Å²) in [5.74, 6) is 0.0631. The molecule has 0 atom stereocenters. The molecule has 2 aromatic heterocycles. The number of fused-ring (bicyclic) bond motifs is 1. The van der Waals surface area contributed by atoms with E-state index in [9.17, 15) is 4.79 Å². The van der Waals surface area contributed by atoms with E-state index in [0.717, 1.165) is 16.2 Å². The van der Waals surface area contributed by atoms with Crippen molar-refractivity contribution in [2.45, 2.75) is 19.9 Å². The Balaban J connectivity index is 1.71. The fourth-order valence-corrected chi connectivity index (χ4v) is 3.25. The van der Waals surface area contributed by atoms with Gasteiger partial charge in [0.15, 0.2) is 4.96 Å². The Kier molecular flexibility index (Phi) is 4.45. The number of hydrogen-bond acceptors (Lipinski definition) is 3. The molecule has 0 aliphatic carbocycles. The van der Waals surface area contributed by atoms with Gasteiger partial charge in [0, 0.05) is 35.9 Å². The lowest BCUT2D eigenvalue weighted by Gasteiger charge is -2.21. The van der Waals surface area contributed by atoms with Crippen molar-refractivity contribution in [3.63, 3.8) is 0 Å². The zero-order valence-corrected chi connectivity index (χ0v) is 13.8. The van der Waals surface area contributed by atoms with E-state index in [1.54, 1.807) is 16.2 Å². The molecule has 0 unspecified atom stereocenters. The van der Waals surface area contributed by atoms with Gasteiger partial charge in [-0.05, 0) is 18.6 Å². The Morgan fingerprint density at radius 2 is 2.23 bits per heavy atom. The topological polar surface area (TPSA) is 37.6 Å². The maximum Gasteiger partial charge on any atom is 0.228 e. The van der Waals surface area contributed by atoms with Crippen LogP contribution in [0.25, 0.3) is 4.96 Å². The first-order valence-electron chi connectivity index (χ1n) is 7.09. The number of benzene rings is 1. The van der Waals surface area contributed by atoms with Gasteiger partial charge in [-0.25, -0.2) is 4.98 Å². The molecular formula is C16H16ClN3OS. The molecule has 0 aliphatic rings. The predicted molar refractivity (Wildman–Crippen MR) is 89.3 cm³/mol. The Hall–Kier alpha value is -1.85. The lowest BCUT2D eigenvalue weighted by atomic mass is 10.2. The Morgan fingerprint density at radius 3 is 2.95 bits per heavy atom. The van der Waals surface area contributed by atoms with E-state index in [1.165, 1.54) is 0 Å². The van der Waals surface area contributed by atoms with Crippen LogP contribution in [0.15, 0.2) is 42.0 Å². The average Bonchev–Trinajstić information content (AvgIpc) is 3.07. The second-order valence-corrected chi connectivity index (χ2v) is 6.28. The molecule has 3 rings (SSSR count). The molecule has 0 aliphatic heterocycles. The van der Waals surface area contributed by atoms with Crippen LogP contribution in [0, 0.1) is 0 Å². The van der Waals surface area contributed by atoms with E-state index in [1.807, 2.05) is 53.4 Å². The minimum atomic E-state index is 0.0631. The minimum absolute atomic E-state index is 0.0631. The second-order valence-electron chi connectivity index (χ2n) is 5.00. The first-order chi connectivity index (χ1) is 10.7. The van der Waals surface area contributed by atoms with E-state index in [0.29, 0.717) is 24.5 Å². The van der Waals surface area contributed by atoms with Crippen LogP contribution in [0.2, 0.25) is 5.02 Å². The van der Waals surface area contributed by atoms with Crippen LogP contribution in [0.3, 0.4) is 0 Å². The monoisotopic (exact) mass is 333 g/mol. The molecular weight excluding hydrogens is 318 g/mol. The fourth-order valence-electron chi connectivity index (χ4n) is 2.34. The van der Waals surface area contributed by atoms with Gasteiger partial charge in [0.1, 0.15) is 0 Å². The summed E-state index contributed by atoms with van der Waals surface area (Å²) in [6.45, 7) is 3.14. The van der Waals surface area contributed by atoms with Crippen molar-refractivity contribution in [2.24, 2.45) is 0 Å². The van der Waals surface area contributed by atoms with Crippen molar-refractivity contribution in [2.75, 3.05) is 6.54 Å². The van der Waals surface area contributed by atoms with Crippen LogP contribution in [0.4, 0.5) is 0 Å². The maximum absolute atomic E-state index is 12.5. The van der Waals surface area contributed by atoms with Crippen LogP contribution in [0.5, 0.6) is 0 Å².